The molecule has 0 fully saturated rings. The maximum absolute atomic E-state index is 12.8. The van der Waals surface area contributed by atoms with Gasteiger partial charge in [0.15, 0.2) is 12.4 Å². The van der Waals surface area contributed by atoms with E-state index in [1.807, 2.05) is 33.3 Å². The van der Waals surface area contributed by atoms with E-state index < -0.39 is 30.3 Å². The van der Waals surface area contributed by atoms with Gasteiger partial charge >= 0.3 is 11.9 Å². The summed E-state index contributed by atoms with van der Waals surface area (Å²) in [6.45, 7) is 4.43. The lowest BCUT2D eigenvalue weighted by molar-refractivity contribution is -0.870. The second kappa shape index (κ2) is 54.5. The molecule has 0 rings (SSSR count). The van der Waals surface area contributed by atoms with Crippen molar-refractivity contribution < 1.29 is 42.9 Å². The Morgan fingerprint density at radius 3 is 1.15 bits per heavy atom. The van der Waals surface area contributed by atoms with E-state index in [2.05, 4.69) is 98.9 Å². The van der Waals surface area contributed by atoms with Gasteiger partial charge < -0.3 is 33.3 Å². The number of allylic oxidation sites excluding steroid dienone is 16. The van der Waals surface area contributed by atoms with Crippen molar-refractivity contribution in [2.75, 3.05) is 47.5 Å². The van der Waals surface area contributed by atoms with E-state index in [4.69, 9.17) is 18.9 Å². The first-order chi connectivity index (χ1) is 35.6. The van der Waals surface area contributed by atoms with Crippen LogP contribution in [0, 0.1) is 0 Å². The topological polar surface area (TPSA) is 111 Å². The Morgan fingerprint density at radius 2 is 0.767 bits per heavy atom. The van der Waals surface area contributed by atoms with E-state index in [1.165, 1.54) is 122 Å². The van der Waals surface area contributed by atoms with Gasteiger partial charge in [-0.15, -0.1) is 0 Å². The zero-order valence-corrected chi connectivity index (χ0v) is 47.5. The summed E-state index contributed by atoms with van der Waals surface area (Å²) in [5.41, 5.74) is 0. The highest BCUT2D eigenvalue weighted by Crippen LogP contribution is 2.16. The minimum atomic E-state index is -1.64. The van der Waals surface area contributed by atoms with Crippen molar-refractivity contribution in [3.63, 3.8) is 0 Å². The van der Waals surface area contributed by atoms with Crippen LogP contribution in [0.25, 0.3) is 0 Å². The Bertz CT molecular complexity index is 1520. The molecule has 0 spiro atoms. The van der Waals surface area contributed by atoms with E-state index in [1.54, 1.807) is 0 Å². The van der Waals surface area contributed by atoms with Crippen LogP contribution >= 0.6 is 0 Å². The zero-order chi connectivity index (χ0) is 53.4. The first-order valence-corrected chi connectivity index (χ1v) is 29.4. The molecular formula is C64H109NO8. The van der Waals surface area contributed by atoms with Gasteiger partial charge in [-0.25, -0.2) is 0 Å². The largest absolute Gasteiger partial charge is 0.545 e. The van der Waals surface area contributed by atoms with Gasteiger partial charge in [-0.1, -0.05) is 239 Å². The molecule has 0 aliphatic rings. The number of hydrogen-bond donors (Lipinski definition) is 0. The summed E-state index contributed by atoms with van der Waals surface area (Å²) in [6.07, 6.45) is 70.8. The maximum Gasteiger partial charge on any atom is 0.306 e. The zero-order valence-electron chi connectivity index (χ0n) is 47.5. The molecule has 9 heteroatoms. The molecule has 9 nitrogen and oxygen atoms in total. The lowest BCUT2D eigenvalue weighted by Crippen LogP contribution is -2.44. The minimum absolute atomic E-state index is 0.135. The summed E-state index contributed by atoms with van der Waals surface area (Å²) in [5.74, 6) is -2.39. The predicted octanol–water partition coefficient (Wildman–Crippen LogP) is 16.0. The Hall–Kier alpha value is -3.79. The molecule has 0 aromatic rings. The fraction of sp³-hybridized carbons (Fsp3) is 0.703. The van der Waals surface area contributed by atoms with Crippen molar-refractivity contribution in [2.45, 2.75) is 245 Å². The fourth-order valence-corrected chi connectivity index (χ4v) is 7.89. The lowest BCUT2D eigenvalue weighted by atomic mass is 10.0. The van der Waals surface area contributed by atoms with E-state index in [9.17, 15) is 19.5 Å². The number of quaternary nitrogens is 1. The number of unbranched alkanes of at least 4 members (excludes halogenated alkanes) is 22. The molecular weight excluding hydrogens is 911 g/mol. The molecule has 0 saturated heterocycles. The van der Waals surface area contributed by atoms with E-state index >= 15 is 0 Å². The number of aliphatic carboxylic acids is 1. The average molecular weight is 1020 g/mol. The van der Waals surface area contributed by atoms with Gasteiger partial charge in [0.1, 0.15) is 13.2 Å². The third-order valence-electron chi connectivity index (χ3n) is 12.3. The van der Waals surface area contributed by atoms with Gasteiger partial charge in [-0.3, -0.25) is 9.59 Å². The van der Waals surface area contributed by atoms with Gasteiger partial charge in [0.2, 0.25) is 0 Å². The number of carbonyl (C=O) groups excluding carboxylic acids is 3. The molecule has 0 aromatic heterocycles. The van der Waals surface area contributed by atoms with Gasteiger partial charge in [-0.2, -0.15) is 0 Å². The van der Waals surface area contributed by atoms with Crippen molar-refractivity contribution in [1.29, 1.82) is 0 Å². The summed E-state index contributed by atoms with van der Waals surface area (Å²) in [7, 11) is 5.90. The Kier molecular flexibility index (Phi) is 51.6. The number of carboxylic acid groups (broad SMARTS) is 1. The molecule has 0 aliphatic carbocycles. The van der Waals surface area contributed by atoms with Crippen molar-refractivity contribution >= 4 is 17.9 Å². The van der Waals surface area contributed by atoms with Gasteiger partial charge in [0.25, 0.3) is 0 Å². The molecule has 0 heterocycles. The number of carboxylic acids is 1. The summed E-state index contributed by atoms with van der Waals surface area (Å²) in [6, 6.07) is 0. The van der Waals surface area contributed by atoms with Crippen LogP contribution < -0.4 is 5.11 Å². The number of likely N-dealkylation sites (N-methyl/N-ethyl adjacent to an activating group) is 1. The van der Waals surface area contributed by atoms with Crippen LogP contribution in [0.3, 0.4) is 0 Å². The van der Waals surface area contributed by atoms with E-state index in [-0.39, 0.29) is 32.7 Å². The third-order valence-corrected chi connectivity index (χ3v) is 12.3. The highest BCUT2D eigenvalue weighted by molar-refractivity contribution is 5.70. The van der Waals surface area contributed by atoms with Gasteiger partial charge in [-0.05, 0) is 77.0 Å². The molecule has 0 saturated carbocycles. The smallest absolute Gasteiger partial charge is 0.306 e. The molecule has 0 bridgehead atoms. The highest BCUT2D eigenvalue weighted by Gasteiger charge is 2.21. The van der Waals surface area contributed by atoms with Crippen LogP contribution in [-0.2, 0) is 33.3 Å². The van der Waals surface area contributed by atoms with Crippen molar-refractivity contribution in [3.8, 4) is 0 Å². The lowest BCUT2D eigenvalue weighted by Gasteiger charge is -2.26. The van der Waals surface area contributed by atoms with Crippen LogP contribution in [0.15, 0.2) is 97.2 Å². The predicted molar refractivity (Wildman–Crippen MR) is 306 cm³/mol. The maximum atomic E-state index is 12.8. The summed E-state index contributed by atoms with van der Waals surface area (Å²) in [4.78, 5) is 37.1. The molecule has 0 radical (unpaired) electrons. The van der Waals surface area contributed by atoms with Crippen LogP contribution in [0.2, 0.25) is 0 Å². The number of nitrogens with zero attached hydrogens (tertiary/aromatic N) is 1. The number of rotatable bonds is 53. The molecule has 0 N–H and O–H groups in total. The quantitative estimate of drug-likeness (QED) is 0.0195. The van der Waals surface area contributed by atoms with Crippen LogP contribution in [-0.4, -0.2) is 82.3 Å². The van der Waals surface area contributed by atoms with Gasteiger partial charge in [0, 0.05) is 12.8 Å². The summed E-state index contributed by atoms with van der Waals surface area (Å²) in [5, 5.41) is 11.7. The van der Waals surface area contributed by atoms with Crippen LogP contribution in [0.4, 0.5) is 0 Å². The molecule has 418 valence electrons. The van der Waals surface area contributed by atoms with Crippen molar-refractivity contribution in [3.05, 3.63) is 97.2 Å². The molecule has 2 unspecified atom stereocenters. The number of hydrogen-bond acceptors (Lipinski definition) is 8. The molecule has 0 aliphatic heterocycles. The molecule has 73 heavy (non-hydrogen) atoms. The normalized spacial score (nSPS) is 13.5. The van der Waals surface area contributed by atoms with Crippen molar-refractivity contribution in [1.82, 2.24) is 0 Å². The second-order valence-electron chi connectivity index (χ2n) is 20.5. The number of carbonyl (C=O) groups is 3. The summed E-state index contributed by atoms with van der Waals surface area (Å²) >= 11 is 0. The first-order valence-electron chi connectivity index (χ1n) is 29.4. The number of esters is 2. The average Bonchev–Trinajstić information content (AvgIpc) is 3.36. The fourth-order valence-electron chi connectivity index (χ4n) is 7.89. The van der Waals surface area contributed by atoms with E-state index in [0.717, 1.165) is 70.6 Å². The summed E-state index contributed by atoms with van der Waals surface area (Å²) < 4.78 is 22.6. The highest BCUT2D eigenvalue weighted by atomic mass is 16.7. The monoisotopic (exact) mass is 1020 g/mol. The van der Waals surface area contributed by atoms with Crippen LogP contribution in [0.1, 0.15) is 232 Å². The van der Waals surface area contributed by atoms with Crippen molar-refractivity contribution in [2.24, 2.45) is 0 Å². The SMILES string of the molecule is CC/C=C\C/C=C\C/C=C\C/C=C\CCCCCCCCCCCCCCCCCCCCCCCCC(=O)OC(COC(=O)CC/C=C\C/C=C\C/C=C\C/C=C\CC)COC(OCC[N+](C)(C)C)C(=O)[O-]. The molecule has 2 atom stereocenters. The third kappa shape index (κ3) is 55.8. The molecule has 0 aromatic carbocycles. The first kappa shape index (κ1) is 69.2. The standard InChI is InChI=1S/C64H109NO8/c1-6-8-10-12-14-16-18-20-21-22-23-24-25-26-27-28-29-30-31-32-33-34-35-36-37-38-39-40-41-43-45-47-49-51-53-55-62(67)73-60(59-72-64(63(68)69)70-57-56-65(3,4)5)58-71-61(66)54-52-50-48-46-44-42-19-17-15-13-11-9-7-2/h8-11,14-17,20-21,23-24,42,44,48,50,60,64H,6-7,12-13,18-19,22,25-41,43,45-47,49,51-59H2,1-5H3/b10-8-,11-9-,16-14-,17-15-,21-20-,24-23-,44-42-,50-48-. The Labute approximate surface area is 448 Å². The number of ether oxygens (including phenoxy) is 4. The molecule has 0 amide bonds. The Balaban J connectivity index is 4.07. The van der Waals surface area contributed by atoms with E-state index in [0.29, 0.717) is 23.9 Å². The minimum Gasteiger partial charge on any atom is -0.545 e. The Morgan fingerprint density at radius 1 is 0.411 bits per heavy atom. The van der Waals surface area contributed by atoms with Crippen LogP contribution in [0.5, 0.6) is 0 Å². The van der Waals surface area contributed by atoms with Gasteiger partial charge in [0.05, 0.1) is 40.3 Å². The second-order valence-corrected chi connectivity index (χ2v) is 20.5.